The number of aliphatic hydroxyl groups excluding tert-OH is 1. The second-order valence-corrected chi connectivity index (χ2v) is 8.02. The van der Waals surface area contributed by atoms with E-state index in [1.165, 1.54) is 27.6 Å². The smallest absolute Gasteiger partial charge is 0.266 e. The molecule has 1 aliphatic rings. The molecule has 0 fully saturated rings. The van der Waals surface area contributed by atoms with Crippen molar-refractivity contribution in [2.24, 2.45) is 5.92 Å². The van der Waals surface area contributed by atoms with Crippen LogP contribution >= 0.6 is 22.7 Å². The third kappa shape index (κ3) is 3.53. The zero-order valence-electron chi connectivity index (χ0n) is 13.4. The highest BCUT2D eigenvalue weighted by molar-refractivity contribution is 7.17. The third-order valence-corrected chi connectivity index (χ3v) is 6.15. The van der Waals surface area contributed by atoms with E-state index in [2.05, 4.69) is 17.6 Å². The Bertz CT molecular complexity index is 737. The standard InChI is InChI=1S/C17H20N2O3S2/c1-10-4-5-11-13(9-10)24-17(14(11)16(22)18-6-7-20)19-15(21)12-3-2-8-23-12/h2-3,8,10,20H,4-7,9H2,1H3,(H,18,22)(H,19,21)/t10-/m1/s1. The van der Waals surface area contributed by atoms with Gasteiger partial charge in [0, 0.05) is 11.4 Å². The van der Waals surface area contributed by atoms with Crippen molar-refractivity contribution >= 4 is 39.5 Å². The number of hydrogen-bond acceptors (Lipinski definition) is 5. The summed E-state index contributed by atoms with van der Waals surface area (Å²) in [5, 5.41) is 17.0. The summed E-state index contributed by atoms with van der Waals surface area (Å²) in [6, 6.07) is 3.59. The van der Waals surface area contributed by atoms with Gasteiger partial charge in [0.15, 0.2) is 0 Å². The number of amides is 2. The van der Waals surface area contributed by atoms with Gasteiger partial charge in [0.2, 0.25) is 0 Å². The predicted octanol–water partition coefficient (Wildman–Crippen LogP) is 2.91. The van der Waals surface area contributed by atoms with Gasteiger partial charge in [-0.05, 0) is 42.2 Å². The van der Waals surface area contributed by atoms with E-state index in [1.807, 2.05) is 11.4 Å². The number of thiophene rings is 2. The first-order valence-electron chi connectivity index (χ1n) is 7.98. The van der Waals surface area contributed by atoms with E-state index in [1.54, 1.807) is 6.07 Å². The molecule has 1 aliphatic carbocycles. The van der Waals surface area contributed by atoms with Crippen molar-refractivity contribution in [2.75, 3.05) is 18.5 Å². The fourth-order valence-corrected chi connectivity index (χ4v) is 4.93. The molecule has 0 saturated carbocycles. The van der Waals surface area contributed by atoms with E-state index in [4.69, 9.17) is 5.11 Å². The van der Waals surface area contributed by atoms with Gasteiger partial charge in [0.05, 0.1) is 17.0 Å². The molecule has 3 N–H and O–H groups in total. The Morgan fingerprint density at radius 1 is 1.38 bits per heavy atom. The molecule has 0 spiro atoms. The van der Waals surface area contributed by atoms with E-state index in [-0.39, 0.29) is 25.0 Å². The summed E-state index contributed by atoms with van der Waals surface area (Å²) in [7, 11) is 0. The minimum Gasteiger partial charge on any atom is -0.395 e. The number of hydrogen-bond donors (Lipinski definition) is 3. The number of rotatable bonds is 5. The van der Waals surface area contributed by atoms with Gasteiger partial charge < -0.3 is 15.7 Å². The van der Waals surface area contributed by atoms with E-state index >= 15 is 0 Å². The summed E-state index contributed by atoms with van der Waals surface area (Å²) in [5.74, 6) is 0.177. The van der Waals surface area contributed by atoms with Gasteiger partial charge in [-0.2, -0.15) is 0 Å². The van der Waals surface area contributed by atoms with E-state index < -0.39 is 0 Å². The molecular weight excluding hydrogens is 344 g/mol. The Morgan fingerprint density at radius 3 is 2.92 bits per heavy atom. The van der Waals surface area contributed by atoms with Crippen molar-refractivity contribution in [3.05, 3.63) is 38.4 Å². The summed E-state index contributed by atoms with van der Waals surface area (Å²) in [6.07, 6.45) is 2.83. The monoisotopic (exact) mass is 364 g/mol. The molecule has 24 heavy (non-hydrogen) atoms. The number of carbonyl (C=O) groups excluding carboxylic acids is 2. The number of anilines is 1. The largest absolute Gasteiger partial charge is 0.395 e. The van der Waals surface area contributed by atoms with Gasteiger partial charge in [-0.1, -0.05) is 13.0 Å². The normalized spacial score (nSPS) is 16.5. The van der Waals surface area contributed by atoms with Crippen LogP contribution in [0.2, 0.25) is 0 Å². The van der Waals surface area contributed by atoms with Crippen LogP contribution in [0.25, 0.3) is 0 Å². The van der Waals surface area contributed by atoms with Crippen molar-refractivity contribution in [3.8, 4) is 0 Å². The van der Waals surface area contributed by atoms with E-state index in [0.717, 1.165) is 24.8 Å². The molecule has 128 valence electrons. The van der Waals surface area contributed by atoms with Crippen LogP contribution in [-0.2, 0) is 12.8 Å². The SMILES string of the molecule is C[C@@H]1CCc2c(sc(NC(=O)c3cccs3)c2C(=O)NCCO)C1. The Morgan fingerprint density at radius 2 is 2.21 bits per heavy atom. The van der Waals surface area contributed by atoms with Crippen LogP contribution < -0.4 is 10.6 Å². The first-order valence-corrected chi connectivity index (χ1v) is 9.68. The average Bonchev–Trinajstić information content (AvgIpc) is 3.19. The molecule has 0 radical (unpaired) electrons. The highest BCUT2D eigenvalue weighted by Gasteiger charge is 2.28. The van der Waals surface area contributed by atoms with Crippen LogP contribution in [0.3, 0.4) is 0 Å². The first kappa shape index (κ1) is 17.1. The zero-order valence-corrected chi connectivity index (χ0v) is 15.1. The second kappa shape index (κ2) is 7.46. The lowest BCUT2D eigenvalue weighted by Gasteiger charge is -2.18. The Balaban J connectivity index is 1.92. The molecule has 5 nitrogen and oxygen atoms in total. The molecule has 0 aromatic carbocycles. The number of nitrogens with one attached hydrogen (secondary N) is 2. The minimum absolute atomic E-state index is 0.105. The predicted molar refractivity (Wildman–Crippen MR) is 97.2 cm³/mol. The number of fused-ring (bicyclic) bond motifs is 1. The van der Waals surface area contributed by atoms with Gasteiger partial charge in [-0.3, -0.25) is 9.59 Å². The fourth-order valence-electron chi connectivity index (χ4n) is 2.91. The minimum atomic E-state index is -0.224. The third-order valence-electron chi connectivity index (χ3n) is 4.11. The Hall–Kier alpha value is -1.70. The van der Waals surface area contributed by atoms with E-state index in [9.17, 15) is 9.59 Å². The maximum atomic E-state index is 12.5. The molecule has 1 atom stereocenters. The molecule has 0 saturated heterocycles. The molecule has 3 rings (SSSR count). The summed E-state index contributed by atoms with van der Waals surface area (Å²) in [4.78, 5) is 26.7. The van der Waals surface area contributed by atoms with Crippen LogP contribution in [0.5, 0.6) is 0 Å². The van der Waals surface area contributed by atoms with Gasteiger partial charge in [-0.15, -0.1) is 22.7 Å². The molecule has 2 amide bonds. The van der Waals surface area contributed by atoms with Crippen molar-refractivity contribution < 1.29 is 14.7 Å². The maximum absolute atomic E-state index is 12.5. The molecule has 2 aromatic heterocycles. The summed E-state index contributed by atoms with van der Waals surface area (Å²) in [5.41, 5.74) is 1.62. The molecule has 0 aliphatic heterocycles. The van der Waals surface area contributed by atoms with Crippen molar-refractivity contribution in [3.63, 3.8) is 0 Å². The molecule has 0 bridgehead atoms. The van der Waals surface area contributed by atoms with Crippen LogP contribution in [-0.4, -0.2) is 30.1 Å². The highest BCUT2D eigenvalue weighted by Crippen LogP contribution is 2.39. The van der Waals surface area contributed by atoms with Gasteiger partial charge in [0.25, 0.3) is 11.8 Å². The topological polar surface area (TPSA) is 78.4 Å². The van der Waals surface area contributed by atoms with Crippen LogP contribution in [0.1, 0.15) is 43.8 Å². The van der Waals surface area contributed by atoms with Crippen LogP contribution in [0.15, 0.2) is 17.5 Å². The lowest BCUT2D eigenvalue weighted by atomic mass is 9.88. The maximum Gasteiger partial charge on any atom is 0.266 e. The van der Waals surface area contributed by atoms with Gasteiger partial charge >= 0.3 is 0 Å². The second-order valence-electron chi connectivity index (χ2n) is 5.97. The fraction of sp³-hybridized carbons (Fsp3) is 0.412. The summed E-state index contributed by atoms with van der Waals surface area (Å²) in [6.45, 7) is 2.31. The Kier molecular flexibility index (Phi) is 5.33. The molecule has 0 unspecified atom stereocenters. The van der Waals surface area contributed by atoms with Crippen LogP contribution in [0.4, 0.5) is 5.00 Å². The summed E-state index contributed by atoms with van der Waals surface area (Å²) >= 11 is 2.88. The number of carbonyl (C=O) groups is 2. The lowest BCUT2D eigenvalue weighted by molar-refractivity contribution is 0.0944. The van der Waals surface area contributed by atoms with Crippen LogP contribution in [0, 0.1) is 5.92 Å². The zero-order chi connectivity index (χ0) is 17.1. The molecule has 7 heteroatoms. The van der Waals surface area contributed by atoms with Crippen molar-refractivity contribution in [2.45, 2.75) is 26.2 Å². The quantitative estimate of drug-likeness (QED) is 0.763. The Labute approximate surface area is 148 Å². The van der Waals surface area contributed by atoms with E-state index in [0.29, 0.717) is 21.4 Å². The lowest BCUT2D eigenvalue weighted by Crippen LogP contribution is -2.28. The van der Waals surface area contributed by atoms with Crippen molar-refractivity contribution in [1.29, 1.82) is 0 Å². The first-order chi connectivity index (χ1) is 11.6. The molecule has 2 heterocycles. The molecule has 2 aromatic rings. The van der Waals surface area contributed by atoms with Crippen molar-refractivity contribution in [1.82, 2.24) is 5.32 Å². The summed E-state index contributed by atoms with van der Waals surface area (Å²) < 4.78 is 0. The number of aliphatic hydroxyl groups is 1. The average molecular weight is 364 g/mol. The highest BCUT2D eigenvalue weighted by atomic mass is 32.1. The molecular formula is C17H20N2O3S2. The van der Waals surface area contributed by atoms with Gasteiger partial charge in [0.1, 0.15) is 5.00 Å². The van der Waals surface area contributed by atoms with Gasteiger partial charge in [-0.25, -0.2) is 0 Å².